The summed E-state index contributed by atoms with van der Waals surface area (Å²) in [6, 6.07) is -0.375. The summed E-state index contributed by atoms with van der Waals surface area (Å²) < 4.78 is 5.47. The van der Waals surface area contributed by atoms with Gasteiger partial charge in [-0.2, -0.15) is 0 Å². The Labute approximate surface area is 109 Å². The zero-order chi connectivity index (χ0) is 13.5. The van der Waals surface area contributed by atoms with Crippen LogP contribution in [0.3, 0.4) is 0 Å². The van der Waals surface area contributed by atoms with E-state index in [4.69, 9.17) is 15.6 Å². The molecule has 1 fully saturated rings. The van der Waals surface area contributed by atoms with E-state index in [9.17, 15) is 4.79 Å². The maximum absolute atomic E-state index is 12.1. The molecular formula is C13H26N2O3. The molecule has 0 spiro atoms. The van der Waals surface area contributed by atoms with Crippen molar-refractivity contribution in [2.45, 2.75) is 45.3 Å². The lowest BCUT2D eigenvalue weighted by Gasteiger charge is -2.33. The van der Waals surface area contributed by atoms with Gasteiger partial charge in [-0.3, -0.25) is 4.79 Å². The molecule has 1 rings (SSSR count). The molecule has 0 radical (unpaired) electrons. The standard InChI is InChI=1S/C13H26N2O3/c1-10(2)9-12(14)13(17)15-5-3-11(4-6-15)18-8-7-16/h10-12,16H,3-9,14H2,1-2H3/t12-/m1/s1. The minimum absolute atomic E-state index is 0.0540. The van der Waals surface area contributed by atoms with Crippen LogP contribution in [0.2, 0.25) is 0 Å². The quantitative estimate of drug-likeness (QED) is 0.721. The van der Waals surface area contributed by atoms with Gasteiger partial charge in [-0.05, 0) is 25.2 Å². The highest BCUT2D eigenvalue weighted by atomic mass is 16.5. The van der Waals surface area contributed by atoms with Gasteiger partial charge < -0.3 is 20.5 Å². The first-order valence-corrected chi connectivity index (χ1v) is 6.81. The molecule has 3 N–H and O–H groups in total. The maximum atomic E-state index is 12.1. The van der Waals surface area contributed by atoms with Crippen LogP contribution in [0.5, 0.6) is 0 Å². The van der Waals surface area contributed by atoms with Crippen molar-refractivity contribution >= 4 is 5.91 Å². The summed E-state index contributed by atoms with van der Waals surface area (Å²) in [4.78, 5) is 13.9. The third kappa shape index (κ3) is 4.92. The summed E-state index contributed by atoms with van der Waals surface area (Å²) >= 11 is 0. The summed E-state index contributed by atoms with van der Waals surface area (Å²) in [7, 11) is 0. The number of rotatable bonds is 6. The predicted octanol–water partition coefficient (Wildman–Crippen LogP) is 0.360. The Morgan fingerprint density at radius 3 is 2.56 bits per heavy atom. The number of amides is 1. The molecule has 0 unspecified atom stereocenters. The van der Waals surface area contributed by atoms with Crippen molar-refractivity contribution in [3.05, 3.63) is 0 Å². The molecule has 1 aliphatic rings. The lowest BCUT2D eigenvalue weighted by Crippen LogP contribution is -2.48. The van der Waals surface area contributed by atoms with Gasteiger partial charge in [0.2, 0.25) is 5.91 Å². The van der Waals surface area contributed by atoms with E-state index >= 15 is 0 Å². The SMILES string of the molecule is CC(C)C[C@@H](N)C(=O)N1CCC(OCCO)CC1. The minimum atomic E-state index is -0.375. The number of ether oxygens (including phenoxy) is 1. The summed E-state index contributed by atoms with van der Waals surface area (Å²) in [5.74, 6) is 0.499. The summed E-state index contributed by atoms with van der Waals surface area (Å²) in [6.45, 7) is 6.00. The van der Waals surface area contributed by atoms with Crippen LogP contribution in [0.4, 0.5) is 0 Å². The average molecular weight is 258 g/mol. The van der Waals surface area contributed by atoms with Gasteiger partial charge in [-0.1, -0.05) is 13.8 Å². The van der Waals surface area contributed by atoms with Crippen molar-refractivity contribution in [2.75, 3.05) is 26.3 Å². The van der Waals surface area contributed by atoms with Crippen molar-refractivity contribution in [3.8, 4) is 0 Å². The molecule has 0 aromatic rings. The van der Waals surface area contributed by atoms with Crippen LogP contribution in [-0.2, 0) is 9.53 Å². The molecule has 106 valence electrons. The van der Waals surface area contributed by atoms with Crippen molar-refractivity contribution in [2.24, 2.45) is 11.7 Å². The fraction of sp³-hybridized carbons (Fsp3) is 0.923. The van der Waals surface area contributed by atoms with E-state index in [1.165, 1.54) is 0 Å². The van der Waals surface area contributed by atoms with Gasteiger partial charge in [0.1, 0.15) is 0 Å². The molecule has 0 aromatic carbocycles. The smallest absolute Gasteiger partial charge is 0.239 e. The van der Waals surface area contributed by atoms with E-state index in [-0.39, 0.29) is 24.7 Å². The minimum Gasteiger partial charge on any atom is -0.394 e. The number of aliphatic hydroxyl groups excluding tert-OH is 1. The third-order valence-corrected chi connectivity index (χ3v) is 3.24. The van der Waals surface area contributed by atoms with E-state index in [1.807, 2.05) is 4.90 Å². The van der Waals surface area contributed by atoms with Crippen LogP contribution in [0, 0.1) is 5.92 Å². The van der Waals surface area contributed by atoms with Crippen molar-refractivity contribution in [1.82, 2.24) is 4.90 Å². The third-order valence-electron chi connectivity index (χ3n) is 3.24. The Morgan fingerprint density at radius 1 is 1.44 bits per heavy atom. The van der Waals surface area contributed by atoms with E-state index in [1.54, 1.807) is 0 Å². The number of nitrogens with two attached hydrogens (primary N) is 1. The lowest BCUT2D eigenvalue weighted by molar-refractivity contribution is -0.135. The molecule has 0 saturated carbocycles. The lowest BCUT2D eigenvalue weighted by atomic mass is 10.0. The maximum Gasteiger partial charge on any atom is 0.239 e. The number of carbonyl (C=O) groups is 1. The van der Waals surface area contributed by atoms with E-state index in [2.05, 4.69) is 13.8 Å². The second-order valence-electron chi connectivity index (χ2n) is 5.36. The molecular weight excluding hydrogens is 232 g/mol. The molecule has 5 heteroatoms. The second-order valence-corrected chi connectivity index (χ2v) is 5.36. The molecule has 0 bridgehead atoms. The number of aliphatic hydroxyl groups is 1. The van der Waals surface area contributed by atoms with Gasteiger partial charge in [0, 0.05) is 13.1 Å². The summed E-state index contributed by atoms with van der Waals surface area (Å²) in [6.07, 6.45) is 2.57. The average Bonchev–Trinajstić information content (AvgIpc) is 2.35. The molecule has 1 amide bonds. The first-order chi connectivity index (χ1) is 8.54. The fourth-order valence-electron chi connectivity index (χ4n) is 2.31. The molecule has 0 aromatic heterocycles. The van der Waals surface area contributed by atoms with Gasteiger partial charge in [-0.25, -0.2) is 0 Å². The molecule has 1 atom stereocenters. The molecule has 18 heavy (non-hydrogen) atoms. The number of hydrogen-bond donors (Lipinski definition) is 2. The van der Waals surface area contributed by atoms with Crippen LogP contribution >= 0.6 is 0 Å². The monoisotopic (exact) mass is 258 g/mol. The Hall–Kier alpha value is -0.650. The van der Waals surface area contributed by atoms with Crippen LogP contribution in [0.15, 0.2) is 0 Å². The van der Waals surface area contributed by atoms with Gasteiger partial charge in [0.05, 0.1) is 25.4 Å². The second kappa shape index (κ2) is 7.71. The molecule has 5 nitrogen and oxygen atoms in total. The van der Waals surface area contributed by atoms with Gasteiger partial charge >= 0.3 is 0 Å². The van der Waals surface area contributed by atoms with Gasteiger partial charge in [0.15, 0.2) is 0 Å². The molecule has 1 heterocycles. The van der Waals surface area contributed by atoms with Crippen molar-refractivity contribution in [3.63, 3.8) is 0 Å². The number of carbonyl (C=O) groups excluding carboxylic acids is 1. The Kier molecular flexibility index (Phi) is 6.60. The summed E-state index contributed by atoms with van der Waals surface area (Å²) in [5, 5.41) is 8.69. The first kappa shape index (κ1) is 15.4. The highest BCUT2D eigenvalue weighted by Crippen LogP contribution is 2.15. The van der Waals surface area contributed by atoms with E-state index < -0.39 is 0 Å². The first-order valence-electron chi connectivity index (χ1n) is 6.81. The largest absolute Gasteiger partial charge is 0.394 e. The van der Waals surface area contributed by atoms with Crippen molar-refractivity contribution < 1.29 is 14.6 Å². The zero-order valence-electron chi connectivity index (χ0n) is 11.5. The normalized spacial score (nSPS) is 19.3. The van der Waals surface area contributed by atoms with Crippen LogP contribution in [0.1, 0.15) is 33.1 Å². The zero-order valence-corrected chi connectivity index (χ0v) is 11.5. The van der Waals surface area contributed by atoms with Crippen LogP contribution < -0.4 is 5.73 Å². The molecule has 1 aliphatic heterocycles. The highest BCUT2D eigenvalue weighted by Gasteiger charge is 2.26. The molecule has 0 aliphatic carbocycles. The predicted molar refractivity (Wildman–Crippen MR) is 70.1 cm³/mol. The van der Waals surface area contributed by atoms with E-state index in [0.717, 1.165) is 19.3 Å². The fourth-order valence-corrected chi connectivity index (χ4v) is 2.31. The van der Waals surface area contributed by atoms with Crippen molar-refractivity contribution in [1.29, 1.82) is 0 Å². The topological polar surface area (TPSA) is 75.8 Å². The number of nitrogens with zero attached hydrogens (tertiary/aromatic N) is 1. The number of piperidine rings is 1. The summed E-state index contributed by atoms with van der Waals surface area (Å²) in [5.41, 5.74) is 5.91. The Morgan fingerprint density at radius 2 is 2.06 bits per heavy atom. The van der Waals surface area contributed by atoms with Crippen LogP contribution in [0.25, 0.3) is 0 Å². The Bertz CT molecular complexity index is 251. The Balaban J connectivity index is 2.31. The van der Waals surface area contributed by atoms with Crippen LogP contribution in [-0.4, -0.2) is 54.4 Å². The van der Waals surface area contributed by atoms with Gasteiger partial charge in [-0.15, -0.1) is 0 Å². The van der Waals surface area contributed by atoms with Gasteiger partial charge in [0.25, 0.3) is 0 Å². The number of likely N-dealkylation sites (tertiary alicyclic amines) is 1. The number of hydrogen-bond acceptors (Lipinski definition) is 4. The molecule has 1 saturated heterocycles. The van der Waals surface area contributed by atoms with E-state index in [0.29, 0.717) is 25.6 Å². The highest BCUT2D eigenvalue weighted by molar-refractivity contribution is 5.81.